The van der Waals surface area contributed by atoms with E-state index in [9.17, 15) is 8.42 Å². The third-order valence-electron chi connectivity index (χ3n) is 2.13. The minimum Gasteiger partial charge on any atom is -0.278 e. The summed E-state index contributed by atoms with van der Waals surface area (Å²) in [5.41, 5.74) is 0.314. The Morgan fingerprint density at radius 2 is 1.78 bits per heavy atom. The fourth-order valence-electron chi connectivity index (χ4n) is 1.27. The lowest BCUT2D eigenvalue weighted by Gasteiger charge is -2.08. The zero-order valence-corrected chi connectivity index (χ0v) is 11.3. The number of nitrogens with zero attached hydrogens (tertiary/aromatic N) is 1. The van der Waals surface area contributed by atoms with Crippen molar-refractivity contribution < 1.29 is 8.42 Å². The minimum atomic E-state index is -3.71. The summed E-state index contributed by atoms with van der Waals surface area (Å²) in [7, 11) is -3.71. The Labute approximate surface area is 115 Å². The van der Waals surface area contributed by atoms with E-state index in [1.54, 1.807) is 24.3 Å². The molecule has 4 nitrogen and oxygen atoms in total. The second-order valence-corrected chi connectivity index (χ2v) is 5.88. The van der Waals surface area contributed by atoms with E-state index in [2.05, 4.69) is 9.71 Å². The summed E-state index contributed by atoms with van der Waals surface area (Å²) in [6, 6.07) is 9.34. The number of rotatable bonds is 3. The number of sulfonamides is 1. The number of anilines is 1. The van der Waals surface area contributed by atoms with Gasteiger partial charge in [0.2, 0.25) is 0 Å². The van der Waals surface area contributed by atoms with E-state index in [1.807, 2.05) is 0 Å². The molecule has 2 rings (SSSR count). The van der Waals surface area contributed by atoms with Crippen molar-refractivity contribution in [2.75, 3.05) is 4.72 Å². The molecule has 0 amide bonds. The van der Waals surface area contributed by atoms with Gasteiger partial charge in [0.1, 0.15) is 10.0 Å². The predicted octanol–water partition coefficient (Wildman–Crippen LogP) is 3.19. The molecule has 0 aliphatic carbocycles. The number of para-hydroxylation sites is 1. The van der Waals surface area contributed by atoms with E-state index in [0.29, 0.717) is 10.7 Å². The van der Waals surface area contributed by atoms with E-state index >= 15 is 0 Å². The summed E-state index contributed by atoms with van der Waals surface area (Å²) in [6.45, 7) is 0. The van der Waals surface area contributed by atoms with Crippen molar-refractivity contribution in [3.63, 3.8) is 0 Å². The molecule has 0 aliphatic rings. The molecule has 18 heavy (non-hydrogen) atoms. The normalized spacial score (nSPS) is 11.2. The third-order valence-corrected chi connectivity index (χ3v) is 4.03. The summed E-state index contributed by atoms with van der Waals surface area (Å²) in [5, 5.41) is 0.551. The molecule has 0 saturated carbocycles. The standard InChI is InChI=1S/C11H8Cl2N2O2S/c12-9-3-1-2-4-10(9)15-18(16,17)8-5-6-11(13)14-7-8/h1-7,15H. The van der Waals surface area contributed by atoms with Crippen LogP contribution in [-0.2, 0) is 10.0 Å². The van der Waals surface area contributed by atoms with Gasteiger partial charge in [0.25, 0.3) is 10.0 Å². The molecule has 1 aromatic carbocycles. The van der Waals surface area contributed by atoms with Crippen molar-refractivity contribution in [2.45, 2.75) is 4.90 Å². The van der Waals surface area contributed by atoms with Crippen LogP contribution in [0.15, 0.2) is 47.5 Å². The number of aromatic nitrogens is 1. The molecule has 94 valence electrons. The maximum atomic E-state index is 12.0. The number of benzene rings is 1. The highest BCUT2D eigenvalue weighted by Gasteiger charge is 2.15. The first-order valence-corrected chi connectivity index (χ1v) is 7.12. The molecule has 0 atom stereocenters. The van der Waals surface area contributed by atoms with Crippen LogP contribution in [0.4, 0.5) is 5.69 Å². The average Bonchev–Trinajstić information content (AvgIpc) is 2.32. The van der Waals surface area contributed by atoms with Gasteiger partial charge in [-0.05, 0) is 24.3 Å². The van der Waals surface area contributed by atoms with Gasteiger partial charge in [0.15, 0.2) is 0 Å². The average molecular weight is 303 g/mol. The van der Waals surface area contributed by atoms with Crippen LogP contribution in [0.25, 0.3) is 0 Å². The van der Waals surface area contributed by atoms with Crippen LogP contribution in [-0.4, -0.2) is 13.4 Å². The fraction of sp³-hybridized carbons (Fsp3) is 0. The minimum absolute atomic E-state index is 0.0202. The number of hydrogen-bond acceptors (Lipinski definition) is 3. The first-order chi connectivity index (χ1) is 8.49. The smallest absolute Gasteiger partial charge is 0.263 e. The van der Waals surface area contributed by atoms with Crippen LogP contribution in [0.1, 0.15) is 0 Å². The van der Waals surface area contributed by atoms with Crippen LogP contribution < -0.4 is 4.72 Å². The summed E-state index contributed by atoms with van der Waals surface area (Å²) >= 11 is 11.5. The molecule has 0 radical (unpaired) electrons. The largest absolute Gasteiger partial charge is 0.278 e. The lowest BCUT2D eigenvalue weighted by atomic mass is 10.3. The SMILES string of the molecule is O=S(=O)(Nc1ccccc1Cl)c1ccc(Cl)nc1. The van der Waals surface area contributed by atoms with Crippen molar-refractivity contribution in [2.24, 2.45) is 0 Å². The molecule has 0 saturated heterocycles. The topological polar surface area (TPSA) is 59.1 Å². The number of hydrogen-bond donors (Lipinski definition) is 1. The molecular formula is C11H8Cl2N2O2S. The molecule has 7 heteroatoms. The van der Waals surface area contributed by atoms with Crippen molar-refractivity contribution in [1.29, 1.82) is 0 Å². The molecule has 1 heterocycles. The first kappa shape index (κ1) is 13.1. The lowest BCUT2D eigenvalue weighted by molar-refractivity contribution is 0.601. The molecular weight excluding hydrogens is 295 g/mol. The highest BCUT2D eigenvalue weighted by atomic mass is 35.5. The van der Waals surface area contributed by atoms with E-state index in [4.69, 9.17) is 23.2 Å². The van der Waals surface area contributed by atoms with Crippen LogP contribution in [0, 0.1) is 0 Å². The number of halogens is 2. The van der Waals surface area contributed by atoms with Crippen LogP contribution in [0.2, 0.25) is 10.2 Å². The van der Waals surface area contributed by atoms with Crippen molar-refractivity contribution in [1.82, 2.24) is 4.98 Å². The summed E-state index contributed by atoms with van der Waals surface area (Å²) in [5.74, 6) is 0. The van der Waals surface area contributed by atoms with Gasteiger partial charge in [0.05, 0.1) is 10.7 Å². The summed E-state index contributed by atoms with van der Waals surface area (Å²) < 4.78 is 26.4. The van der Waals surface area contributed by atoms with Crippen LogP contribution in [0.5, 0.6) is 0 Å². The Balaban J connectivity index is 2.33. The zero-order valence-electron chi connectivity index (χ0n) is 8.97. The highest BCUT2D eigenvalue weighted by molar-refractivity contribution is 7.92. The molecule has 0 spiro atoms. The Hall–Kier alpha value is -1.30. The summed E-state index contributed by atoms with van der Waals surface area (Å²) in [4.78, 5) is 3.74. The Bertz CT molecular complexity index is 657. The Kier molecular flexibility index (Phi) is 3.75. The third kappa shape index (κ3) is 2.93. The van der Waals surface area contributed by atoms with Crippen molar-refractivity contribution in [3.05, 3.63) is 52.8 Å². The van der Waals surface area contributed by atoms with Gasteiger partial charge in [-0.25, -0.2) is 13.4 Å². The van der Waals surface area contributed by atoms with Gasteiger partial charge in [-0.15, -0.1) is 0 Å². The first-order valence-electron chi connectivity index (χ1n) is 4.88. The number of nitrogens with one attached hydrogen (secondary N) is 1. The lowest BCUT2D eigenvalue weighted by Crippen LogP contribution is -2.13. The van der Waals surface area contributed by atoms with E-state index in [0.717, 1.165) is 0 Å². The maximum Gasteiger partial charge on any atom is 0.263 e. The van der Waals surface area contributed by atoms with Gasteiger partial charge in [-0.3, -0.25) is 4.72 Å². The predicted molar refractivity (Wildman–Crippen MR) is 71.5 cm³/mol. The quantitative estimate of drug-likeness (QED) is 0.886. The van der Waals surface area contributed by atoms with Gasteiger partial charge < -0.3 is 0 Å². The zero-order chi connectivity index (χ0) is 13.2. The molecule has 1 N–H and O–H groups in total. The fourth-order valence-corrected chi connectivity index (χ4v) is 2.64. The molecule has 1 aromatic heterocycles. The van der Waals surface area contributed by atoms with Crippen molar-refractivity contribution in [3.8, 4) is 0 Å². The van der Waals surface area contributed by atoms with Gasteiger partial charge in [0, 0.05) is 6.20 Å². The summed E-state index contributed by atoms with van der Waals surface area (Å²) in [6.07, 6.45) is 1.18. The van der Waals surface area contributed by atoms with Gasteiger partial charge in [-0.1, -0.05) is 35.3 Å². The molecule has 0 aliphatic heterocycles. The Morgan fingerprint density at radius 1 is 1.06 bits per heavy atom. The van der Waals surface area contributed by atoms with Gasteiger partial charge in [-0.2, -0.15) is 0 Å². The second kappa shape index (κ2) is 5.14. The molecule has 0 bridgehead atoms. The van der Waals surface area contributed by atoms with Crippen LogP contribution in [0.3, 0.4) is 0 Å². The van der Waals surface area contributed by atoms with Crippen molar-refractivity contribution >= 4 is 38.9 Å². The van der Waals surface area contributed by atoms with E-state index in [-0.39, 0.29) is 10.0 Å². The molecule has 0 fully saturated rings. The monoisotopic (exact) mass is 302 g/mol. The maximum absolute atomic E-state index is 12.0. The highest BCUT2D eigenvalue weighted by Crippen LogP contribution is 2.23. The molecule has 2 aromatic rings. The van der Waals surface area contributed by atoms with Crippen LogP contribution >= 0.6 is 23.2 Å². The number of pyridine rings is 1. The molecule has 0 unspecified atom stereocenters. The Morgan fingerprint density at radius 3 is 2.39 bits per heavy atom. The second-order valence-electron chi connectivity index (χ2n) is 3.40. The van der Waals surface area contributed by atoms with E-state index < -0.39 is 10.0 Å². The van der Waals surface area contributed by atoms with E-state index in [1.165, 1.54) is 18.3 Å². The van der Waals surface area contributed by atoms with Gasteiger partial charge >= 0.3 is 0 Å².